The highest BCUT2D eigenvalue weighted by atomic mass is 79.9. The number of benzene rings is 1. The van der Waals surface area contributed by atoms with Crippen LogP contribution >= 0.6 is 27.5 Å². The van der Waals surface area contributed by atoms with Crippen molar-refractivity contribution in [1.29, 1.82) is 0 Å². The van der Waals surface area contributed by atoms with Crippen LogP contribution in [0, 0.1) is 12.8 Å². The lowest BCUT2D eigenvalue weighted by Gasteiger charge is -2.25. The van der Waals surface area contributed by atoms with Crippen molar-refractivity contribution in [3.05, 3.63) is 33.8 Å². The Balaban J connectivity index is 1.92. The minimum Gasteiger partial charge on any atom is -0.352 e. The van der Waals surface area contributed by atoms with Crippen molar-refractivity contribution in [2.45, 2.75) is 38.0 Å². The molecule has 0 heterocycles. The first-order valence-corrected chi connectivity index (χ1v) is 7.98. The summed E-state index contributed by atoms with van der Waals surface area (Å²) in [6.45, 7) is 2.71. The van der Waals surface area contributed by atoms with Crippen molar-refractivity contribution in [3.63, 3.8) is 0 Å². The van der Waals surface area contributed by atoms with Gasteiger partial charge in [0.2, 0.25) is 0 Å². The molecule has 1 amide bonds. The van der Waals surface area contributed by atoms with Crippen molar-refractivity contribution < 1.29 is 4.79 Å². The Morgan fingerprint density at radius 1 is 1.47 bits per heavy atom. The molecule has 1 aliphatic rings. The van der Waals surface area contributed by atoms with Crippen LogP contribution in [0.1, 0.15) is 41.6 Å². The average molecular weight is 345 g/mol. The van der Waals surface area contributed by atoms with Gasteiger partial charge in [0.25, 0.3) is 5.91 Å². The van der Waals surface area contributed by atoms with Gasteiger partial charge < -0.3 is 5.32 Å². The van der Waals surface area contributed by atoms with Crippen LogP contribution in [-0.4, -0.2) is 17.8 Å². The summed E-state index contributed by atoms with van der Waals surface area (Å²) in [7, 11) is 0. The molecule has 0 aromatic heterocycles. The summed E-state index contributed by atoms with van der Waals surface area (Å²) >= 11 is 9.64. The van der Waals surface area contributed by atoms with Crippen molar-refractivity contribution in [2.24, 2.45) is 5.92 Å². The Morgan fingerprint density at radius 3 is 3.00 bits per heavy atom. The molecule has 1 N–H and O–H groups in total. The molecule has 0 spiro atoms. The molecule has 0 bridgehead atoms. The van der Waals surface area contributed by atoms with Crippen molar-refractivity contribution in [1.82, 2.24) is 5.32 Å². The van der Waals surface area contributed by atoms with E-state index in [9.17, 15) is 4.79 Å². The van der Waals surface area contributed by atoms with Gasteiger partial charge in [-0.2, -0.15) is 0 Å². The molecule has 0 aliphatic heterocycles. The predicted molar refractivity (Wildman–Crippen MR) is 82.8 cm³/mol. The second-order valence-corrected chi connectivity index (χ2v) is 6.69. The zero-order chi connectivity index (χ0) is 13.8. The van der Waals surface area contributed by atoms with Gasteiger partial charge in [0.15, 0.2) is 0 Å². The van der Waals surface area contributed by atoms with E-state index in [4.69, 9.17) is 11.6 Å². The lowest BCUT2D eigenvalue weighted by atomic mass is 9.89. The van der Waals surface area contributed by atoms with E-state index in [1.807, 2.05) is 25.1 Å². The fraction of sp³-hybridized carbons (Fsp3) is 0.533. The maximum atomic E-state index is 12.2. The SMILES string of the molecule is Cc1cccc(C(=O)NCC2CCCC(Cl)C2)c1Br. The van der Waals surface area contributed by atoms with E-state index in [0.717, 1.165) is 29.4 Å². The summed E-state index contributed by atoms with van der Waals surface area (Å²) < 4.78 is 0.881. The van der Waals surface area contributed by atoms with Crippen molar-refractivity contribution >= 4 is 33.4 Å². The Morgan fingerprint density at radius 2 is 2.26 bits per heavy atom. The number of alkyl halides is 1. The lowest BCUT2D eigenvalue weighted by molar-refractivity contribution is 0.0943. The third-order valence-electron chi connectivity index (χ3n) is 3.71. The van der Waals surface area contributed by atoms with Gasteiger partial charge in [0.05, 0.1) is 5.56 Å². The molecule has 2 unspecified atom stereocenters. The van der Waals surface area contributed by atoms with Crippen LogP contribution in [0.2, 0.25) is 0 Å². The molecule has 19 heavy (non-hydrogen) atoms. The van der Waals surface area contributed by atoms with Crippen LogP contribution in [0.15, 0.2) is 22.7 Å². The van der Waals surface area contributed by atoms with Crippen molar-refractivity contribution in [2.75, 3.05) is 6.54 Å². The molecule has 2 rings (SSSR count). The van der Waals surface area contributed by atoms with Crippen LogP contribution in [0.5, 0.6) is 0 Å². The number of aryl methyl sites for hydroxylation is 1. The van der Waals surface area contributed by atoms with Gasteiger partial charge in [0, 0.05) is 16.4 Å². The normalized spacial score (nSPS) is 23.1. The number of amides is 1. The molecule has 1 aliphatic carbocycles. The number of hydrogen-bond donors (Lipinski definition) is 1. The van der Waals surface area contributed by atoms with Crippen LogP contribution in [0.4, 0.5) is 0 Å². The molecule has 2 nitrogen and oxygen atoms in total. The molecular weight excluding hydrogens is 326 g/mol. The fourth-order valence-electron chi connectivity index (χ4n) is 2.57. The van der Waals surface area contributed by atoms with Crippen LogP contribution < -0.4 is 5.32 Å². The molecule has 2 atom stereocenters. The predicted octanol–water partition coefficient (Wildman–Crippen LogP) is 4.28. The van der Waals surface area contributed by atoms with E-state index in [1.165, 1.54) is 12.8 Å². The molecule has 1 saturated carbocycles. The minimum absolute atomic E-state index is 0.00716. The summed E-state index contributed by atoms with van der Waals surface area (Å²) in [5.74, 6) is 0.510. The van der Waals surface area contributed by atoms with Crippen LogP contribution in [0.25, 0.3) is 0 Å². The Bertz CT molecular complexity index is 463. The minimum atomic E-state index is -0.00716. The second kappa shape index (κ2) is 6.76. The standard InChI is InChI=1S/C15H19BrClNO/c1-10-4-2-7-13(14(10)16)15(19)18-9-11-5-3-6-12(17)8-11/h2,4,7,11-12H,3,5-6,8-9H2,1H3,(H,18,19). The largest absolute Gasteiger partial charge is 0.352 e. The van der Waals surface area contributed by atoms with Gasteiger partial charge in [-0.25, -0.2) is 0 Å². The molecule has 1 aromatic rings. The summed E-state index contributed by atoms with van der Waals surface area (Å²) in [5.41, 5.74) is 1.78. The first-order valence-electron chi connectivity index (χ1n) is 6.75. The first-order chi connectivity index (χ1) is 9.08. The summed E-state index contributed by atoms with van der Waals surface area (Å²) in [6, 6.07) is 5.74. The van der Waals surface area contributed by atoms with Gasteiger partial charge in [-0.3, -0.25) is 4.79 Å². The Kier molecular flexibility index (Phi) is 5.28. The molecule has 1 fully saturated rings. The average Bonchev–Trinajstić information content (AvgIpc) is 2.39. The zero-order valence-electron chi connectivity index (χ0n) is 11.1. The van der Waals surface area contributed by atoms with Gasteiger partial charge in [-0.1, -0.05) is 18.6 Å². The highest BCUT2D eigenvalue weighted by Crippen LogP contribution is 2.27. The quantitative estimate of drug-likeness (QED) is 0.815. The number of carbonyl (C=O) groups excluding carboxylic acids is 1. The summed E-state index contributed by atoms with van der Waals surface area (Å²) in [5, 5.41) is 3.31. The highest BCUT2D eigenvalue weighted by Gasteiger charge is 2.21. The fourth-order valence-corrected chi connectivity index (χ4v) is 3.42. The lowest BCUT2D eigenvalue weighted by Crippen LogP contribution is -2.32. The second-order valence-electron chi connectivity index (χ2n) is 5.28. The zero-order valence-corrected chi connectivity index (χ0v) is 13.4. The van der Waals surface area contributed by atoms with E-state index in [1.54, 1.807) is 0 Å². The number of rotatable bonds is 3. The van der Waals surface area contributed by atoms with E-state index < -0.39 is 0 Å². The molecule has 0 radical (unpaired) electrons. The topological polar surface area (TPSA) is 29.1 Å². The number of nitrogens with one attached hydrogen (secondary N) is 1. The molecule has 1 aromatic carbocycles. The van der Waals surface area contributed by atoms with E-state index in [0.29, 0.717) is 11.5 Å². The Hall–Kier alpha value is -0.540. The van der Waals surface area contributed by atoms with Crippen molar-refractivity contribution in [3.8, 4) is 0 Å². The summed E-state index contributed by atoms with van der Waals surface area (Å²) in [4.78, 5) is 12.2. The summed E-state index contributed by atoms with van der Waals surface area (Å²) in [6.07, 6.45) is 4.45. The smallest absolute Gasteiger partial charge is 0.252 e. The number of halogens is 2. The third-order valence-corrected chi connectivity index (χ3v) is 5.16. The third kappa shape index (κ3) is 3.96. The highest BCUT2D eigenvalue weighted by molar-refractivity contribution is 9.10. The van der Waals surface area contributed by atoms with Gasteiger partial charge in [-0.05, 0) is 59.7 Å². The Labute approximate surface area is 128 Å². The number of carbonyl (C=O) groups is 1. The molecular formula is C15H19BrClNO. The maximum absolute atomic E-state index is 12.2. The molecule has 4 heteroatoms. The number of hydrogen-bond acceptors (Lipinski definition) is 1. The molecule has 104 valence electrons. The van der Waals surface area contributed by atoms with E-state index in [2.05, 4.69) is 21.2 Å². The van der Waals surface area contributed by atoms with E-state index >= 15 is 0 Å². The first kappa shape index (κ1) is 14.9. The van der Waals surface area contributed by atoms with E-state index in [-0.39, 0.29) is 11.3 Å². The van der Waals surface area contributed by atoms with Gasteiger partial charge in [-0.15, -0.1) is 11.6 Å². The van der Waals surface area contributed by atoms with Gasteiger partial charge in [0.1, 0.15) is 0 Å². The molecule has 0 saturated heterocycles. The maximum Gasteiger partial charge on any atom is 0.252 e. The monoisotopic (exact) mass is 343 g/mol. The van der Waals surface area contributed by atoms with Crippen LogP contribution in [-0.2, 0) is 0 Å². The van der Waals surface area contributed by atoms with Crippen LogP contribution in [0.3, 0.4) is 0 Å². The van der Waals surface area contributed by atoms with Gasteiger partial charge >= 0.3 is 0 Å².